The summed E-state index contributed by atoms with van der Waals surface area (Å²) in [6.45, 7) is 3.87. The molecule has 2 N–H and O–H groups in total. The zero-order valence-corrected chi connectivity index (χ0v) is 18.4. The highest BCUT2D eigenvalue weighted by molar-refractivity contribution is 5.87. The highest BCUT2D eigenvalue weighted by atomic mass is 16.5. The van der Waals surface area contributed by atoms with Crippen molar-refractivity contribution in [1.82, 2.24) is 25.1 Å². The van der Waals surface area contributed by atoms with Crippen LogP contribution < -0.4 is 0 Å². The van der Waals surface area contributed by atoms with Gasteiger partial charge in [0.25, 0.3) is 0 Å². The van der Waals surface area contributed by atoms with Crippen molar-refractivity contribution in [2.45, 2.75) is 63.9 Å². The Balaban J connectivity index is 1.65. The maximum absolute atomic E-state index is 12.5. The smallest absolute Gasteiger partial charge is 0.165 e. The predicted octanol–water partition coefficient (Wildman–Crippen LogP) is 4.93. The van der Waals surface area contributed by atoms with Gasteiger partial charge >= 0.3 is 0 Å². The number of rotatable bonds is 5. The number of imidazole rings is 1. The molecule has 7 nitrogen and oxygen atoms in total. The SMILES string of the molecule is Cc1noc(C)c1-c1cc(C(O)(c2ncccn2)C2CCCC2)c2nc(C3CC3)[nH]c2c1. The van der Waals surface area contributed by atoms with E-state index >= 15 is 0 Å². The Hall–Kier alpha value is -3.06. The van der Waals surface area contributed by atoms with Crippen molar-refractivity contribution in [3.63, 3.8) is 0 Å². The summed E-state index contributed by atoms with van der Waals surface area (Å²) in [4.78, 5) is 17.6. The topological polar surface area (TPSA) is 101 Å². The molecule has 2 aliphatic carbocycles. The van der Waals surface area contributed by atoms with Gasteiger partial charge in [-0.1, -0.05) is 18.0 Å². The number of nitrogens with zero attached hydrogens (tertiary/aromatic N) is 4. The largest absolute Gasteiger partial charge is 0.377 e. The van der Waals surface area contributed by atoms with Gasteiger partial charge in [0.15, 0.2) is 11.4 Å². The van der Waals surface area contributed by atoms with Gasteiger partial charge in [0.05, 0.1) is 16.7 Å². The molecule has 6 rings (SSSR count). The van der Waals surface area contributed by atoms with E-state index in [-0.39, 0.29) is 5.92 Å². The van der Waals surface area contributed by atoms with E-state index in [9.17, 15) is 5.11 Å². The zero-order chi connectivity index (χ0) is 21.9. The maximum atomic E-state index is 12.5. The lowest BCUT2D eigenvalue weighted by Crippen LogP contribution is -2.37. The van der Waals surface area contributed by atoms with Crippen molar-refractivity contribution in [1.29, 1.82) is 0 Å². The number of aliphatic hydroxyl groups is 1. The number of hydrogen-bond acceptors (Lipinski definition) is 6. The Morgan fingerprint density at radius 3 is 2.47 bits per heavy atom. The minimum atomic E-state index is -1.32. The molecular formula is C25H27N5O2. The van der Waals surface area contributed by atoms with Gasteiger partial charge in [-0.05, 0) is 69.2 Å². The van der Waals surface area contributed by atoms with Crippen LogP contribution in [0.2, 0.25) is 0 Å². The summed E-state index contributed by atoms with van der Waals surface area (Å²) in [7, 11) is 0. The van der Waals surface area contributed by atoms with E-state index in [2.05, 4.69) is 32.2 Å². The molecule has 0 bridgehead atoms. The summed E-state index contributed by atoms with van der Waals surface area (Å²) in [6, 6.07) is 5.94. The second-order valence-electron chi connectivity index (χ2n) is 9.34. The van der Waals surface area contributed by atoms with Crippen molar-refractivity contribution in [2.75, 3.05) is 0 Å². The Bertz CT molecular complexity index is 1270. The third-order valence-electron chi connectivity index (χ3n) is 7.15. The summed E-state index contributed by atoms with van der Waals surface area (Å²) < 4.78 is 5.46. The second kappa shape index (κ2) is 7.24. The van der Waals surface area contributed by atoms with Crippen LogP contribution >= 0.6 is 0 Å². The van der Waals surface area contributed by atoms with Crippen LogP contribution in [-0.4, -0.2) is 30.2 Å². The molecule has 164 valence electrons. The summed E-state index contributed by atoms with van der Waals surface area (Å²) in [5.41, 5.74) is 3.93. The number of aryl methyl sites for hydroxylation is 2. The quantitative estimate of drug-likeness (QED) is 0.467. The van der Waals surface area contributed by atoms with Crippen molar-refractivity contribution in [3.05, 3.63) is 59.3 Å². The standard InChI is InChI=1S/C25H27N5O2/c1-14-21(15(2)32-30-14)17-12-19(22-20(13-17)28-23(29-22)16-8-9-16)25(31,18-6-3-4-7-18)24-26-10-5-11-27-24/h5,10-13,16,18,31H,3-4,6-9H2,1-2H3,(H,28,29). The summed E-state index contributed by atoms with van der Waals surface area (Å²) >= 11 is 0. The average molecular weight is 430 g/mol. The van der Waals surface area contributed by atoms with Gasteiger partial charge in [-0.15, -0.1) is 0 Å². The van der Waals surface area contributed by atoms with Crippen LogP contribution in [-0.2, 0) is 5.60 Å². The first-order chi connectivity index (χ1) is 15.6. The second-order valence-corrected chi connectivity index (χ2v) is 9.34. The fourth-order valence-electron chi connectivity index (χ4n) is 5.38. The van der Waals surface area contributed by atoms with Gasteiger partial charge in [-0.2, -0.15) is 0 Å². The van der Waals surface area contributed by atoms with Crippen LogP contribution in [0.3, 0.4) is 0 Å². The fourth-order valence-corrected chi connectivity index (χ4v) is 5.38. The lowest BCUT2D eigenvalue weighted by molar-refractivity contribution is 0.0116. The molecule has 0 saturated heterocycles. The Kier molecular flexibility index (Phi) is 4.43. The summed E-state index contributed by atoms with van der Waals surface area (Å²) in [6.07, 6.45) is 9.79. The fraction of sp³-hybridized carbons (Fsp3) is 0.440. The van der Waals surface area contributed by atoms with Gasteiger partial charge in [0, 0.05) is 29.4 Å². The molecule has 1 aromatic carbocycles. The van der Waals surface area contributed by atoms with Crippen LogP contribution in [0.5, 0.6) is 0 Å². The molecule has 0 amide bonds. The molecular weight excluding hydrogens is 402 g/mol. The van der Waals surface area contributed by atoms with E-state index in [0.29, 0.717) is 11.7 Å². The minimum Gasteiger partial charge on any atom is -0.377 e. The molecule has 3 heterocycles. The molecule has 0 radical (unpaired) electrons. The molecule has 2 aliphatic rings. The molecule has 32 heavy (non-hydrogen) atoms. The van der Waals surface area contributed by atoms with Crippen LogP contribution in [0.1, 0.15) is 73.1 Å². The highest BCUT2D eigenvalue weighted by Gasteiger charge is 2.46. The van der Waals surface area contributed by atoms with Crippen molar-refractivity contribution < 1.29 is 9.63 Å². The van der Waals surface area contributed by atoms with E-state index in [1.54, 1.807) is 18.5 Å². The molecule has 3 aromatic heterocycles. The predicted molar refractivity (Wildman–Crippen MR) is 120 cm³/mol. The molecule has 4 aromatic rings. The Morgan fingerprint density at radius 1 is 1.06 bits per heavy atom. The van der Waals surface area contributed by atoms with Crippen molar-refractivity contribution in [2.24, 2.45) is 5.92 Å². The Labute approximate surface area is 186 Å². The van der Waals surface area contributed by atoms with Crippen molar-refractivity contribution >= 4 is 11.0 Å². The normalized spacial score (nSPS) is 19.0. The first-order valence-corrected chi connectivity index (χ1v) is 11.5. The van der Waals surface area contributed by atoms with Crippen LogP contribution in [0.25, 0.3) is 22.2 Å². The lowest BCUT2D eigenvalue weighted by atomic mass is 9.77. The number of nitrogens with one attached hydrogen (secondary N) is 1. The van der Waals surface area contributed by atoms with Gasteiger partial charge in [-0.3, -0.25) is 0 Å². The number of H-pyrrole nitrogens is 1. The molecule has 1 atom stereocenters. The van der Waals surface area contributed by atoms with Crippen LogP contribution in [0.4, 0.5) is 0 Å². The number of benzene rings is 1. The molecule has 7 heteroatoms. The maximum Gasteiger partial charge on any atom is 0.165 e. The number of aromatic nitrogens is 5. The average Bonchev–Trinajstić information content (AvgIpc) is 3.19. The van der Waals surface area contributed by atoms with E-state index in [1.807, 2.05) is 13.8 Å². The Morgan fingerprint density at radius 2 is 1.81 bits per heavy atom. The summed E-state index contributed by atoms with van der Waals surface area (Å²) in [5.74, 6) is 2.72. The molecule has 0 spiro atoms. The van der Waals surface area contributed by atoms with Gasteiger partial charge < -0.3 is 14.6 Å². The van der Waals surface area contributed by atoms with Gasteiger partial charge in [0.2, 0.25) is 0 Å². The van der Waals surface area contributed by atoms with E-state index < -0.39 is 5.60 Å². The lowest BCUT2D eigenvalue weighted by Gasteiger charge is -2.33. The zero-order valence-electron chi connectivity index (χ0n) is 18.4. The van der Waals surface area contributed by atoms with E-state index in [1.165, 1.54) is 0 Å². The van der Waals surface area contributed by atoms with E-state index in [0.717, 1.165) is 83.5 Å². The molecule has 1 unspecified atom stereocenters. The highest BCUT2D eigenvalue weighted by Crippen LogP contribution is 2.48. The first kappa shape index (κ1) is 19.6. The molecule has 2 saturated carbocycles. The number of fused-ring (bicyclic) bond motifs is 1. The van der Waals surface area contributed by atoms with Gasteiger partial charge in [0.1, 0.15) is 11.6 Å². The third kappa shape index (κ3) is 2.98. The van der Waals surface area contributed by atoms with Crippen LogP contribution in [0.15, 0.2) is 35.1 Å². The number of aromatic amines is 1. The monoisotopic (exact) mass is 429 g/mol. The number of hydrogen-bond donors (Lipinski definition) is 2. The third-order valence-corrected chi connectivity index (χ3v) is 7.15. The van der Waals surface area contributed by atoms with Crippen molar-refractivity contribution in [3.8, 4) is 11.1 Å². The molecule has 0 aliphatic heterocycles. The van der Waals surface area contributed by atoms with Crippen LogP contribution in [0, 0.1) is 19.8 Å². The minimum absolute atomic E-state index is 0.0362. The van der Waals surface area contributed by atoms with Gasteiger partial charge in [-0.25, -0.2) is 15.0 Å². The van der Waals surface area contributed by atoms with E-state index in [4.69, 9.17) is 9.51 Å². The first-order valence-electron chi connectivity index (χ1n) is 11.5. The molecule has 2 fully saturated rings. The summed E-state index contributed by atoms with van der Waals surface area (Å²) in [5, 5.41) is 16.6.